The Labute approximate surface area is 99.0 Å². The van der Waals surface area contributed by atoms with Crippen LogP contribution in [0, 0.1) is 5.92 Å². The molecule has 0 aromatic heterocycles. The monoisotopic (exact) mass is 249 g/mol. The summed E-state index contributed by atoms with van der Waals surface area (Å²) >= 11 is 3.94. The Morgan fingerprint density at radius 3 is 2.31 bits per heavy atom. The molecule has 0 radical (unpaired) electrons. The van der Waals surface area contributed by atoms with Crippen LogP contribution >= 0.6 is 12.6 Å². The number of carbonyl (C=O) groups excluding carboxylic acids is 2. The second-order valence-electron chi connectivity index (χ2n) is 3.25. The van der Waals surface area contributed by atoms with Gasteiger partial charge in [-0.2, -0.15) is 12.6 Å². The molecule has 1 atom stereocenters. The molecular weight excluding hydrogens is 234 g/mol. The van der Waals surface area contributed by atoms with Gasteiger partial charge in [0.15, 0.2) is 0 Å². The first kappa shape index (κ1) is 14.8. The van der Waals surface area contributed by atoms with Crippen molar-refractivity contribution in [2.45, 2.75) is 6.92 Å². The highest BCUT2D eigenvalue weighted by molar-refractivity contribution is 7.80. The molecule has 0 aliphatic heterocycles. The number of carboxylic acids is 1. The third-order valence-corrected chi connectivity index (χ3v) is 2.43. The SMILES string of the molecule is COC(=O)CN(CC(=O)O)C(=O)[C@H](C)CS. The number of esters is 1. The Bertz CT molecular complexity index is 281. The second kappa shape index (κ2) is 7.10. The van der Waals surface area contributed by atoms with Gasteiger partial charge in [-0.1, -0.05) is 6.92 Å². The summed E-state index contributed by atoms with van der Waals surface area (Å²) in [5.74, 6) is -2.41. The zero-order chi connectivity index (χ0) is 12.7. The molecule has 0 spiro atoms. The molecule has 0 saturated carbocycles. The van der Waals surface area contributed by atoms with Crippen LogP contribution in [0.5, 0.6) is 0 Å². The lowest BCUT2D eigenvalue weighted by Gasteiger charge is -2.22. The molecule has 0 unspecified atom stereocenters. The fourth-order valence-corrected chi connectivity index (χ4v) is 1.14. The van der Waals surface area contributed by atoms with Crippen LogP contribution in [0.4, 0.5) is 0 Å². The number of carboxylic acid groups (broad SMARTS) is 1. The van der Waals surface area contributed by atoms with Crippen molar-refractivity contribution in [2.24, 2.45) is 5.92 Å². The van der Waals surface area contributed by atoms with E-state index in [9.17, 15) is 14.4 Å². The lowest BCUT2D eigenvalue weighted by molar-refractivity contribution is -0.152. The van der Waals surface area contributed by atoms with Crippen LogP contribution < -0.4 is 0 Å². The average molecular weight is 249 g/mol. The molecule has 92 valence electrons. The molecule has 0 heterocycles. The lowest BCUT2D eigenvalue weighted by Crippen LogP contribution is -2.42. The van der Waals surface area contributed by atoms with Crippen LogP contribution in [0.3, 0.4) is 0 Å². The van der Waals surface area contributed by atoms with E-state index in [0.717, 1.165) is 4.90 Å². The molecule has 0 bridgehead atoms. The van der Waals surface area contributed by atoms with Crippen molar-refractivity contribution < 1.29 is 24.2 Å². The summed E-state index contributed by atoms with van der Waals surface area (Å²) in [7, 11) is 1.17. The zero-order valence-electron chi connectivity index (χ0n) is 9.17. The van der Waals surface area contributed by atoms with E-state index in [1.54, 1.807) is 6.92 Å². The topological polar surface area (TPSA) is 83.9 Å². The minimum Gasteiger partial charge on any atom is -0.480 e. The number of hydrogen-bond donors (Lipinski definition) is 2. The molecule has 0 aliphatic carbocycles. The molecule has 7 heteroatoms. The number of ether oxygens (including phenoxy) is 1. The molecule has 0 aromatic carbocycles. The lowest BCUT2D eigenvalue weighted by atomic mass is 10.2. The van der Waals surface area contributed by atoms with E-state index in [-0.39, 0.29) is 12.3 Å². The van der Waals surface area contributed by atoms with Gasteiger partial charge in [0.2, 0.25) is 5.91 Å². The standard InChI is InChI=1S/C9H15NO5S/c1-6(5-16)9(14)10(3-7(11)12)4-8(13)15-2/h6,16H,3-5H2,1-2H3,(H,11,12)/t6-/m1/s1. The van der Waals surface area contributed by atoms with Gasteiger partial charge in [-0.05, 0) is 0 Å². The number of aliphatic carboxylic acids is 1. The number of thiol groups is 1. The third kappa shape index (κ3) is 5.01. The van der Waals surface area contributed by atoms with E-state index in [1.165, 1.54) is 7.11 Å². The molecule has 0 rings (SSSR count). The number of rotatable bonds is 6. The van der Waals surface area contributed by atoms with E-state index < -0.39 is 30.3 Å². The maximum atomic E-state index is 11.7. The van der Waals surface area contributed by atoms with Gasteiger partial charge in [-0.25, -0.2) is 0 Å². The second-order valence-corrected chi connectivity index (χ2v) is 3.61. The van der Waals surface area contributed by atoms with Crippen molar-refractivity contribution in [1.82, 2.24) is 4.90 Å². The summed E-state index contributed by atoms with van der Waals surface area (Å²) < 4.78 is 4.38. The largest absolute Gasteiger partial charge is 0.480 e. The summed E-state index contributed by atoms with van der Waals surface area (Å²) in [6.45, 7) is 0.729. The highest BCUT2D eigenvalue weighted by Gasteiger charge is 2.23. The van der Waals surface area contributed by atoms with Gasteiger partial charge in [0.1, 0.15) is 13.1 Å². The van der Waals surface area contributed by atoms with Gasteiger partial charge in [0.25, 0.3) is 0 Å². The average Bonchev–Trinajstić information content (AvgIpc) is 2.25. The van der Waals surface area contributed by atoms with Gasteiger partial charge in [0, 0.05) is 11.7 Å². The van der Waals surface area contributed by atoms with Crippen molar-refractivity contribution in [3.05, 3.63) is 0 Å². The summed E-state index contributed by atoms with van der Waals surface area (Å²) in [4.78, 5) is 34.1. The van der Waals surface area contributed by atoms with Crippen molar-refractivity contribution >= 4 is 30.5 Å². The maximum absolute atomic E-state index is 11.7. The Balaban J connectivity index is 4.59. The summed E-state index contributed by atoms with van der Waals surface area (Å²) in [6.07, 6.45) is 0. The molecule has 0 aromatic rings. The molecule has 0 saturated heterocycles. The van der Waals surface area contributed by atoms with Crippen LogP contribution in [-0.2, 0) is 19.1 Å². The van der Waals surface area contributed by atoms with E-state index in [0.29, 0.717) is 0 Å². The quantitative estimate of drug-likeness (QED) is 0.496. The van der Waals surface area contributed by atoms with E-state index in [1.807, 2.05) is 0 Å². The van der Waals surface area contributed by atoms with Crippen molar-refractivity contribution in [2.75, 3.05) is 26.0 Å². The number of hydrogen-bond acceptors (Lipinski definition) is 5. The first-order chi connectivity index (χ1) is 7.42. The van der Waals surface area contributed by atoms with Gasteiger partial charge in [0.05, 0.1) is 7.11 Å². The minimum atomic E-state index is -1.18. The summed E-state index contributed by atoms with van der Waals surface area (Å²) in [5.41, 5.74) is 0. The van der Waals surface area contributed by atoms with Crippen LogP contribution in [0.1, 0.15) is 6.92 Å². The van der Waals surface area contributed by atoms with Crippen LogP contribution in [0.2, 0.25) is 0 Å². The smallest absolute Gasteiger partial charge is 0.325 e. The fraction of sp³-hybridized carbons (Fsp3) is 0.667. The first-order valence-electron chi connectivity index (χ1n) is 4.60. The van der Waals surface area contributed by atoms with E-state index in [2.05, 4.69) is 17.4 Å². The summed E-state index contributed by atoms with van der Waals surface area (Å²) in [6, 6.07) is 0. The third-order valence-electron chi connectivity index (χ3n) is 1.88. The molecule has 1 N–H and O–H groups in total. The molecule has 1 amide bonds. The van der Waals surface area contributed by atoms with Gasteiger partial charge < -0.3 is 14.7 Å². The first-order valence-corrected chi connectivity index (χ1v) is 5.23. The molecule has 0 fully saturated rings. The van der Waals surface area contributed by atoms with Crippen molar-refractivity contribution in [3.63, 3.8) is 0 Å². The normalized spacial score (nSPS) is 11.7. The van der Waals surface area contributed by atoms with Gasteiger partial charge >= 0.3 is 11.9 Å². The van der Waals surface area contributed by atoms with Crippen molar-refractivity contribution in [1.29, 1.82) is 0 Å². The molecular formula is C9H15NO5S. The van der Waals surface area contributed by atoms with Gasteiger partial charge in [-0.15, -0.1) is 0 Å². The predicted molar refractivity (Wildman–Crippen MR) is 59.2 cm³/mol. The fourth-order valence-electron chi connectivity index (χ4n) is 0.985. The number of nitrogens with zero attached hydrogens (tertiary/aromatic N) is 1. The Hall–Kier alpha value is -1.24. The highest BCUT2D eigenvalue weighted by atomic mass is 32.1. The Morgan fingerprint density at radius 2 is 1.94 bits per heavy atom. The van der Waals surface area contributed by atoms with Crippen LogP contribution in [-0.4, -0.2) is 53.8 Å². The minimum absolute atomic E-state index is 0.288. The van der Waals surface area contributed by atoms with E-state index in [4.69, 9.17) is 5.11 Å². The summed E-state index contributed by atoms with van der Waals surface area (Å²) in [5, 5.41) is 8.61. The Kier molecular flexibility index (Phi) is 6.55. The number of methoxy groups -OCH3 is 1. The highest BCUT2D eigenvalue weighted by Crippen LogP contribution is 2.04. The number of amides is 1. The Morgan fingerprint density at radius 1 is 1.38 bits per heavy atom. The maximum Gasteiger partial charge on any atom is 0.325 e. The molecule has 16 heavy (non-hydrogen) atoms. The van der Waals surface area contributed by atoms with Crippen LogP contribution in [0.25, 0.3) is 0 Å². The predicted octanol–water partition coefficient (Wildman–Crippen LogP) is -0.362. The molecule has 6 nitrogen and oxygen atoms in total. The molecule has 0 aliphatic rings. The van der Waals surface area contributed by atoms with Crippen LogP contribution in [0.15, 0.2) is 0 Å². The number of carbonyl (C=O) groups is 3. The van der Waals surface area contributed by atoms with E-state index >= 15 is 0 Å². The van der Waals surface area contributed by atoms with Gasteiger partial charge in [-0.3, -0.25) is 14.4 Å². The zero-order valence-corrected chi connectivity index (χ0v) is 10.1. The van der Waals surface area contributed by atoms with Crippen molar-refractivity contribution in [3.8, 4) is 0 Å².